The smallest absolute Gasteiger partial charge is 0.227 e. The van der Waals surface area contributed by atoms with Gasteiger partial charge in [-0.3, -0.25) is 0 Å². The topological polar surface area (TPSA) is 26.0 Å². The van der Waals surface area contributed by atoms with Crippen LogP contribution in [0.5, 0.6) is 0 Å². The molecule has 1 heterocycles. The maximum atomic E-state index is 6.20. The van der Waals surface area contributed by atoms with Crippen LogP contribution in [-0.4, -0.2) is 4.98 Å². The Balaban J connectivity index is 1.92. The van der Waals surface area contributed by atoms with Gasteiger partial charge < -0.3 is 4.42 Å². The van der Waals surface area contributed by atoms with E-state index in [1.54, 1.807) is 0 Å². The van der Waals surface area contributed by atoms with Crippen molar-refractivity contribution in [1.82, 2.24) is 4.98 Å². The van der Waals surface area contributed by atoms with Crippen LogP contribution in [0.4, 0.5) is 0 Å². The Morgan fingerprint density at radius 3 is 2.42 bits per heavy atom. The van der Waals surface area contributed by atoms with Gasteiger partial charge in [-0.1, -0.05) is 60.2 Å². The van der Waals surface area contributed by atoms with Crippen LogP contribution in [0.15, 0.2) is 77.2 Å². The molecule has 0 unspecified atom stereocenters. The summed E-state index contributed by atoms with van der Waals surface area (Å²) in [5.41, 5.74) is 4.01. The number of oxazole rings is 1. The summed E-state index contributed by atoms with van der Waals surface area (Å²) >= 11 is 0. The lowest BCUT2D eigenvalue weighted by atomic mass is 10.00. The Labute approximate surface area is 139 Å². The molecule has 0 aliphatic heterocycles. The molecule has 0 spiro atoms. The molecule has 1 aromatic heterocycles. The molecule has 0 radical (unpaired) electrons. The SMILES string of the molecule is Cc1ccc2ccc3ccc4nc(-c5ccccc5)oc4c3c2c1. The zero-order valence-corrected chi connectivity index (χ0v) is 13.3. The number of hydrogen-bond donors (Lipinski definition) is 0. The summed E-state index contributed by atoms with van der Waals surface area (Å²) in [7, 11) is 0. The highest BCUT2D eigenvalue weighted by atomic mass is 16.3. The fraction of sp³-hybridized carbons (Fsp3) is 0.0455. The van der Waals surface area contributed by atoms with Gasteiger partial charge in [-0.05, 0) is 41.3 Å². The highest BCUT2D eigenvalue weighted by molar-refractivity contribution is 6.18. The van der Waals surface area contributed by atoms with Crippen molar-refractivity contribution in [1.29, 1.82) is 0 Å². The van der Waals surface area contributed by atoms with Crippen LogP contribution in [-0.2, 0) is 0 Å². The summed E-state index contributed by atoms with van der Waals surface area (Å²) in [6, 6.07) is 25.0. The number of nitrogens with zero attached hydrogens (tertiary/aromatic N) is 1. The van der Waals surface area contributed by atoms with E-state index in [1.165, 1.54) is 21.7 Å². The highest BCUT2D eigenvalue weighted by Gasteiger charge is 2.13. The summed E-state index contributed by atoms with van der Waals surface area (Å²) in [5.74, 6) is 0.669. The van der Waals surface area contributed by atoms with Crippen molar-refractivity contribution in [3.8, 4) is 11.5 Å². The molecule has 4 aromatic carbocycles. The normalized spacial score (nSPS) is 11.5. The van der Waals surface area contributed by atoms with Gasteiger partial charge in [0.15, 0.2) is 5.58 Å². The van der Waals surface area contributed by atoms with Crippen LogP contribution < -0.4 is 0 Å². The Hall–Kier alpha value is -3.13. The molecule has 0 atom stereocenters. The molecule has 2 heteroatoms. The Morgan fingerprint density at radius 1 is 0.792 bits per heavy atom. The first-order chi connectivity index (χ1) is 11.8. The van der Waals surface area contributed by atoms with Crippen molar-refractivity contribution in [2.24, 2.45) is 0 Å². The van der Waals surface area contributed by atoms with E-state index in [2.05, 4.69) is 43.3 Å². The minimum Gasteiger partial charge on any atom is -0.435 e. The quantitative estimate of drug-likeness (QED) is 0.349. The van der Waals surface area contributed by atoms with Gasteiger partial charge in [-0.15, -0.1) is 0 Å². The summed E-state index contributed by atoms with van der Waals surface area (Å²) in [6.07, 6.45) is 0. The molecular weight excluding hydrogens is 294 g/mol. The van der Waals surface area contributed by atoms with Crippen LogP contribution in [0.1, 0.15) is 5.56 Å². The maximum Gasteiger partial charge on any atom is 0.227 e. The lowest BCUT2D eigenvalue weighted by Crippen LogP contribution is -1.80. The maximum absolute atomic E-state index is 6.20. The first-order valence-corrected chi connectivity index (χ1v) is 8.08. The predicted molar refractivity (Wildman–Crippen MR) is 99.2 cm³/mol. The molecule has 2 nitrogen and oxygen atoms in total. The van der Waals surface area contributed by atoms with E-state index in [4.69, 9.17) is 9.40 Å². The lowest BCUT2D eigenvalue weighted by Gasteiger charge is -2.05. The van der Waals surface area contributed by atoms with Crippen molar-refractivity contribution >= 4 is 32.6 Å². The molecule has 114 valence electrons. The zero-order valence-electron chi connectivity index (χ0n) is 13.3. The molecule has 0 aliphatic carbocycles. The molecule has 0 saturated heterocycles. The fourth-order valence-corrected chi connectivity index (χ4v) is 3.34. The molecular formula is C22H15NO. The van der Waals surface area contributed by atoms with Crippen molar-refractivity contribution in [2.75, 3.05) is 0 Å². The molecule has 0 aliphatic rings. The van der Waals surface area contributed by atoms with Gasteiger partial charge in [0, 0.05) is 10.9 Å². The van der Waals surface area contributed by atoms with Gasteiger partial charge in [0.2, 0.25) is 5.89 Å². The summed E-state index contributed by atoms with van der Waals surface area (Å²) < 4.78 is 6.20. The minimum atomic E-state index is 0.669. The van der Waals surface area contributed by atoms with Gasteiger partial charge in [0.25, 0.3) is 0 Å². The van der Waals surface area contributed by atoms with Crippen molar-refractivity contribution in [3.05, 3.63) is 78.4 Å². The Bertz CT molecular complexity index is 1200. The predicted octanol–water partition coefficient (Wildman–Crippen LogP) is 6.11. The van der Waals surface area contributed by atoms with Crippen molar-refractivity contribution in [3.63, 3.8) is 0 Å². The van der Waals surface area contributed by atoms with E-state index >= 15 is 0 Å². The van der Waals surface area contributed by atoms with E-state index in [9.17, 15) is 0 Å². The average Bonchev–Trinajstić information content (AvgIpc) is 3.06. The Kier molecular flexibility index (Phi) is 2.74. The van der Waals surface area contributed by atoms with E-state index < -0.39 is 0 Å². The second-order valence-electron chi connectivity index (χ2n) is 6.19. The van der Waals surface area contributed by atoms with Crippen LogP contribution in [0.25, 0.3) is 44.1 Å². The van der Waals surface area contributed by atoms with Gasteiger partial charge in [0.1, 0.15) is 5.52 Å². The van der Waals surface area contributed by atoms with E-state index in [0.717, 1.165) is 22.0 Å². The minimum absolute atomic E-state index is 0.669. The number of fused-ring (bicyclic) bond motifs is 5. The first-order valence-electron chi connectivity index (χ1n) is 8.08. The second-order valence-corrected chi connectivity index (χ2v) is 6.19. The largest absolute Gasteiger partial charge is 0.435 e. The monoisotopic (exact) mass is 309 g/mol. The number of benzene rings is 4. The van der Waals surface area contributed by atoms with E-state index in [0.29, 0.717) is 5.89 Å². The third kappa shape index (κ3) is 1.93. The van der Waals surface area contributed by atoms with Gasteiger partial charge in [0.05, 0.1) is 0 Å². The van der Waals surface area contributed by atoms with Crippen LogP contribution >= 0.6 is 0 Å². The average molecular weight is 309 g/mol. The third-order valence-corrected chi connectivity index (χ3v) is 4.53. The molecule has 0 fully saturated rings. The zero-order chi connectivity index (χ0) is 16.1. The van der Waals surface area contributed by atoms with Gasteiger partial charge in [-0.2, -0.15) is 0 Å². The van der Waals surface area contributed by atoms with E-state index in [1.807, 2.05) is 36.4 Å². The Morgan fingerprint density at radius 2 is 1.54 bits per heavy atom. The molecule has 5 aromatic rings. The third-order valence-electron chi connectivity index (χ3n) is 4.53. The number of rotatable bonds is 1. The first kappa shape index (κ1) is 13.3. The molecule has 0 saturated carbocycles. The van der Waals surface area contributed by atoms with Crippen LogP contribution in [0.3, 0.4) is 0 Å². The molecule has 24 heavy (non-hydrogen) atoms. The summed E-state index contributed by atoms with van der Waals surface area (Å²) in [4.78, 5) is 4.70. The molecule has 0 bridgehead atoms. The number of hydrogen-bond acceptors (Lipinski definition) is 2. The molecule has 5 rings (SSSR count). The van der Waals surface area contributed by atoms with Crippen molar-refractivity contribution in [2.45, 2.75) is 6.92 Å². The van der Waals surface area contributed by atoms with Gasteiger partial charge >= 0.3 is 0 Å². The lowest BCUT2D eigenvalue weighted by molar-refractivity contribution is 0.623. The van der Waals surface area contributed by atoms with E-state index in [-0.39, 0.29) is 0 Å². The van der Waals surface area contributed by atoms with Crippen LogP contribution in [0, 0.1) is 6.92 Å². The highest BCUT2D eigenvalue weighted by Crippen LogP contribution is 2.34. The van der Waals surface area contributed by atoms with Crippen molar-refractivity contribution < 1.29 is 4.42 Å². The second kappa shape index (κ2) is 4.93. The summed E-state index contributed by atoms with van der Waals surface area (Å²) in [5, 5.41) is 4.76. The van der Waals surface area contributed by atoms with Gasteiger partial charge in [-0.25, -0.2) is 4.98 Å². The number of aromatic nitrogens is 1. The summed E-state index contributed by atoms with van der Waals surface area (Å²) in [6.45, 7) is 2.12. The van der Waals surface area contributed by atoms with Crippen LogP contribution in [0.2, 0.25) is 0 Å². The fourth-order valence-electron chi connectivity index (χ4n) is 3.34. The standard InChI is InChI=1S/C22H15NO/c1-14-7-8-15-9-10-16-11-12-19-21(20(16)18(15)13-14)24-22(23-19)17-5-3-2-4-6-17/h2-13H,1H3. The molecule has 0 N–H and O–H groups in total. The molecule has 0 amide bonds. The number of aryl methyl sites for hydroxylation is 1.